The summed E-state index contributed by atoms with van der Waals surface area (Å²) in [7, 11) is 0. The number of carbonyl (C=O) groups excluding carboxylic acids is 1. The zero-order valence-corrected chi connectivity index (χ0v) is 15.3. The van der Waals surface area contributed by atoms with Crippen LogP contribution in [-0.2, 0) is 24.3 Å². The average molecular weight is 357 g/mol. The fourth-order valence-electron chi connectivity index (χ4n) is 3.19. The molecule has 0 spiro atoms. The van der Waals surface area contributed by atoms with E-state index in [2.05, 4.69) is 34.5 Å². The van der Waals surface area contributed by atoms with E-state index >= 15 is 0 Å². The predicted octanol–water partition coefficient (Wildman–Crippen LogP) is 4.18. The smallest absolute Gasteiger partial charge is 0.224 e. The molecular formula is C21H25ClN2O. The number of likely N-dealkylation sites (tertiary alicyclic amines) is 1. The van der Waals surface area contributed by atoms with Crippen LogP contribution in [0.1, 0.15) is 36.0 Å². The maximum atomic E-state index is 12.0. The highest BCUT2D eigenvalue weighted by atomic mass is 35.5. The molecule has 0 atom stereocenters. The van der Waals surface area contributed by atoms with Crippen LogP contribution in [0, 0.1) is 0 Å². The first-order valence-electron chi connectivity index (χ1n) is 9.00. The minimum absolute atomic E-state index is 0.0275. The summed E-state index contributed by atoms with van der Waals surface area (Å²) in [6, 6.07) is 16.0. The van der Waals surface area contributed by atoms with E-state index in [9.17, 15) is 4.79 Å². The lowest BCUT2D eigenvalue weighted by Gasteiger charge is -2.26. The molecule has 1 heterocycles. The highest BCUT2D eigenvalue weighted by Gasteiger charge is 2.10. The third-order valence-corrected chi connectivity index (χ3v) is 4.90. The number of nitrogens with one attached hydrogen (secondary N) is 1. The van der Waals surface area contributed by atoms with E-state index in [1.165, 1.54) is 37.9 Å². The van der Waals surface area contributed by atoms with Gasteiger partial charge in [-0.2, -0.15) is 0 Å². The molecule has 3 nitrogen and oxygen atoms in total. The van der Waals surface area contributed by atoms with Crippen molar-refractivity contribution < 1.29 is 4.79 Å². The van der Waals surface area contributed by atoms with Gasteiger partial charge in [-0.3, -0.25) is 9.69 Å². The Morgan fingerprint density at radius 1 is 0.880 bits per heavy atom. The molecule has 0 bridgehead atoms. The van der Waals surface area contributed by atoms with Crippen molar-refractivity contribution in [1.29, 1.82) is 0 Å². The maximum absolute atomic E-state index is 12.0. The summed E-state index contributed by atoms with van der Waals surface area (Å²) in [5, 5.41) is 3.67. The van der Waals surface area contributed by atoms with Gasteiger partial charge in [-0.25, -0.2) is 0 Å². The Morgan fingerprint density at radius 3 is 2.16 bits per heavy atom. The molecule has 0 radical (unpaired) electrons. The first kappa shape index (κ1) is 18.0. The summed E-state index contributed by atoms with van der Waals surface area (Å²) in [5.74, 6) is 0.0275. The second-order valence-electron chi connectivity index (χ2n) is 6.73. The SMILES string of the molecule is O=C(Cc1ccc(Cl)cc1)NCc1ccc(CN2CCCCC2)cc1. The van der Waals surface area contributed by atoms with E-state index in [1.54, 1.807) is 0 Å². The van der Waals surface area contributed by atoms with Crippen molar-refractivity contribution in [2.45, 2.75) is 38.8 Å². The van der Waals surface area contributed by atoms with E-state index in [0.717, 1.165) is 17.7 Å². The van der Waals surface area contributed by atoms with Gasteiger partial charge in [-0.15, -0.1) is 0 Å². The van der Waals surface area contributed by atoms with Gasteiger partial charge in [0.05, 0.1) is 6.42 Å². The number of rotatable bonds is 6. The van der Waals surface area contributed by atoms with E-state index < -0.39 is 0 Å². The van der Waals surface area contributed by atoms with Crippen LogP contribution in [0.2, 0.25) is 5.02 Å². The lowest BCUT2D eigenvalue weighted by Crippen LogP contribution is -2.29. The van der Waals surface area contributed by atoms with Crippen molar-refractivity contribution in [1.82, 2.24) is 10.2 Å². The molecule has 1 aliphatic heterocycles. The summed E-state index contributed by atoms with van der Waals surface area (Å²) in [4.78, 5) is 14.6. The third kappa shape index (κ3) is 5.87. The van der Waals surface area contributed by atoms with Gasteiger partial charge in [0.2, 0.25) is 5.91 Å². The number of benzene rings is 2. The van der Waals surface area contributed by atoms with Crippen LogP contribution in [0.3, 0.4) is 0 Å². The molecule has 0 saturated carbocycles. The van der Waals surface area contributed by atoms with Crippen LogP contribution >= 0.6 is 11.6 Å². The molecule has 1 saturated heterocycles. The summed E-state index contributed by atoms with van der Waals surface area (Å²) in [5.41, 5.74) is 3.45. The van der Waals surface area contributed by atoms with Crippen molar-refractivity contribution in [3.05, 3.63) is 70.2 Å². The molecule has 1 amide bonds. The second kappa shape index (κ2) is 9.02. The van der Waals surface area contributed by atoms with Gasteiger partial charge < -0.3 is 5.32 Å². The minimum Gasteiger partial charge on any atom is -0.352 e. The van der Waals surface area contributed by atoms with Crippen molar-refractivity contribution in [2.75, 3.05) is 13.1 Å². The topological polar surface area (TPSA) is 32.3 Å². The zero-order chi connectivity index (χ0) is 17.5. The number of carbonyl (C=O) groups is 1. The Labute approximate surface area is 155 Å². The Kier molecular flexibility index (Phi) is 6.48. The Hall–Kier alpha value is -1.84. The van der Waals surface area contributed by atoms with Crippen molar-refractivity contribution in [3.63, 3.8) is 0 Å². The molecule has 25 heavy (non-hydrogen) atoms. The van der Waals surface area contributed by atoms with Gasteiger partial charge in [0, 0.05) is 18.1 Å². The molecule has 1 fully saturated rings. The van der Waals surface area contributed by atoms with Gasteiger partial charge in [0.1, 0.15) is 0 Å². The van der Waals surface area contributed by atoms with Crippen LogP contribution in [0.4, 0.5) is 0 Å². The molecule has 1 aliphatic rings. The highest BCUT2D eigenvalue weighted by molar-refractivity contribution is 6.30. The van der Waals surface area contributed by atoms with Crippen LogP contribution in [0.5, 0.6) is 0 Å². The zero-order valence-electron chi connectivity index (χ0n) is 14.5. The Balaban J connectivity index is 1.44. The van der Waals surface area contributed by atoms with Crippen molar-refractivity contribution >= 4 is 17.5 Å². The van der Waals surface area contributed by atoms with Crippen molar-refractivity contribution in [3.8, 4) is 0 Å². The van der Waals surface area contributed by atoms with Crippen LogP contribution < -0.4 is 5.32 Å². The number of amides is 1. The van der Waals surface area contributed by atoms with E-state index in [0.29, 0.717) is 18.0 Å². The minimum atomic E-state index is 0.0275. The summed E-state index contributed by atoms with van der Waals surface area (Å²) in [6.07, 6.45) is 4.38. The van der Waals surface area contributed by atoms with Gasteiger partial charge in [0.25, 0.3) is 0 Å². The molecule has 3 rings (SSSR count). The number of hydrogen-bond acceptors (Lipinski definition) is 2. The molecular weight excluding hydrogens is 332 g/mol. The number of hydrogen-bond donors (Lipinski definition) is 1. The summed E-state index contributed by atoms with van der Waals surface area (Å²) >= 11 is 5.86. The third-order valence-electron chi connectivity index (χ3n) is 4.65. The fourth-order valence-corrected chi connectivity index (χ4v) is 3.32. The molecule has 132 valence electrons. The van der Waals surface area contributed by atoms with Gasteiger partial charge in [-0.1, -0.05) is 54.4 Å². The first-order chi connectivity index (χ1) is 12.2. The molecule has 2 aromatic rings. The normalized spacial score (nSPS) is 15.1. The molecule has 0 aromatic heterocycles. The van der Waals surface area contributed by atoms with Gasteiger partial charge >= 0.3 is 0 Å². The standard InChI is InChI=1S/C21H25ClN2O/c22-20-10-8-17(9-11-20)14-21(25)23-15-18-4-6-19(7-5-18)16-24-12-2-1-3-13-24/h4-11H,1-3,12-16H2,(H,23,25). The second-order valence-corrected chi connectivity index (χ2v) is 7.17. The summed E-state index contributed by atoms with van der Waals surface area (Å²) < 4.78 is 0. The Morgan fingerprint density at radius 2 is 1.48 bits per heavy atom. The van der Waals surface area contributed by atoms with Crippen LogP contribution in [0.25, 0.3) is 0 Å². The lowest BCUT2D eigenvalue weighted by molar-refractivity contribution is -0.120. The predicted molar refractivity (Wildman–Crippen MR) is 103 cm³/mol. The van der Waals surface area contributed by atoms with E-state index in [-0.39, 0.29) is 5.91 Å². The fraction of sp³-hybridized carbons (Fsp3) is 0.381. The number of halogens is 1. The summed E-state index contributed by atoms with van der Waals surface area (Å²) in [6.45, 7) is 4.02. The maximum Gasteiger partial charge on any atom is 0.224 e. The van der Waals surface area contributed by atoms with E-state index in [4.69, 9.17) is 11.6 Å². The molecule has 0 aliphatic carbocycles. The van der Waals surface area contributed by atoms with E-state index in [1.807, 2.05) is 24.3 Å². The van der Waals surface area contributed by atoms with Gasteiger partial charge in [0.15, 0.2) is 0 Å². The van der Waals surface area contributed by atoms with Crippen molar-refractivity contribution in [2.24, 2.45) is 0 Å². The molecule has 0 unspecified atom stereocenters. The molecule has 2 aromatic carbocycles. The number of nitrogens with zero attached hydrogens (tertiary/aromatic N) is 1. The molecule has 1 N–H and O–H groups in total. The average Bonchev–Trinajstić information content (AvgIpc) is 2.64. The quantitative estimate of drug-likeness (QED) is 0.841. The van der Waals surface area contributed by atoms with Gasteiger partial charge in [-0.05, 0) is 54.8 Å². The Bertz CT molecular complexity index is 676. The number of piperidine rings is 1. The first-order valence-corrected chi connectivity index (χ1v) is 9.38. The lowest BCUT2D eigenvalue weighted by atomic mass is 10.1. The molecule has 4 heteroatoms. The largest absolute Gasteiger partial charge is 0.352 e. The van der Waals surface area contributed by atoms with Crippen LogP contribution in [-0.4, -0.2) is 23.9 Å². The van der Waals surface area contributed by atoms with Crippen LogP contribution in [0.15, 0.2) is 48.5 Å². The monoisotopic (exact) mass is 356 g/mol. The highest BCUT2D eigenvalue weighted by Crippen LogP contribution is 2.14.